The first-order chi connectivity index (χ1) is 10.3. The van der Waals surface area contributed by atoms with Crippen molar-refractivity contribution in [1.29, 1.82) is 0 Å². The highest BCUT2D eigenvalue weighted by Gasteiger charge is 2.27. The third-order valence-corrected chi connectivity index (χ3v) is 4.48. The Morgan fingerprint density at radius 2 is 2.05 bits per heavy atom. The van der Waals surface area contributed by atoms with Crippen LogP contribution in [0.2, 0.25) is 0 Å². The zero-order valence-corrected chi connectivity index (χ0v) is 12.6. The summed E-state index contributed by atoms with van der Waals surface area (Å²) in [5, 5.41) is 6.53. The number of nitrogens with zero attached hydrogens (tertiary/aromatic N) is 1. The number of nitrogens with one attached hydrogen (secondary N) is 2. The first-order valence-electron chi connectivity index (χ1n) is 8.11. The largest absolute Gasteiger partial charge is 0.355 e. The molecule has 2 heterocycles. The van der Waals surface area contributed by atoms with Crippen LogP contribution in [0.5, 0.6) is 0 Å². The fourth-order valence-corrected chi connectivity index (χ4v) is 3.39. The minimum Gasteiger partial charge on any atom is -0.355 e. The molecule has 0 aliphatic carbocycles. The predicted octanol–water partition coefficient (Wildman–Crippen LogP) is 1.52. The highest BCUT2D eigenvalue weighted by Crippen LogP contribution is 2.15. The molecule has 2 aliphatic rings. The van der Waals surface area contributed by atoms with Gasteiger partial charge in [-0.15, -0.1) is 0 Å². The molecule has 114 valence electrons. The molecule has 1 amide bonds. The van der Waals surface area contributed by atoms with Crippen LogP contribution in [0, 0.1) is 0 Å². The maximum absolute atomic E-state index is 11.9. The maximum atomic E-state index is 11.9. The van der Waals surface area contributed by atoms with Gasteiger partial charge in [0.1, 0.15) is 0 Å². The van der Waals surface area contributed by atoms with Crippen molar-refractivity contribution in [2.75, 3.05) is 19.6 Å². The van der Waals surface area contributed by atoms with E-state index in [1.54, 1.807) is 0 Å². The van der Waals surface area contributed by atoms with Crippen LogP contribution < -0.4 is 10.6 Å². The van der Waals surface area contributed by atoms with Crippen molar-refractivity contribution in [2.24, 2.45) is 0 Å². The van der Waals surface area contributed by atoms with Crippen LogP contribution in [0.1, 0.15) is 31.2 Å². The number of carbonyl (C=O) groups is 1. The summed E-state index contributed by atoms with van der Waals surface area (Å²) in [4.78, 5) is 14.4. The topological polar surface area (TPSA) is 44.4 Å². The summed E-state index contributed by atoms with van der Waals surface area (Å²) in [7, 11) is 0. The van der Waals surface area contributed by atoms with Gasteiger partial charge in [-0.05, 0) is 37.8 Å². The lowest BCUT2D eigenvalue weighted by Crippen LogP contribution is -2.55. The van der Waals surface area contributed by atoms with E-state index in [-0.39, 0.29) is 11.9 Å². The number of likely N-dealkylation sites (tertiary alicyclic amines) is 1. The van der Waals surface area contributed by atoms with E-state index in [0.717, 1.165) is 39.0 Å². The van der Waals surface area contributed by atoms with Gasteiger partial charge in [0, 0.05) is 25.7 Å². The Morgan fingerprint density at radius 3 is 2.86 bits per heavy atom. The van der Waals surface area contributed by atoms with Gasteiger partial charge < -0.3 is 10.6 Å². The molecule has 21 heavy (non-hydrogen) atoms. The fourth-order valence-electron chi connectivity index (χ4n) is 3.39. The third kappa shape index (κ3) is 4.05. The van der Waals surface area contributed by atoms with Gasteiger partial charge in [0.2, 0.25) is 5.91 Å². The van der Waals surface area contributed by atoms with Crippen molar-refractivity contribution in [3.8, 4) is 0 Å². The normalized spacial score (nSPS) is 27.3. The highest BCUT2D eigenvalue weighted by atomic mass is 16.2. The Balaban J connectivity index is 1.52. The zero-order chi connectivity index (χ0) is 14.5. The number of hydrogen-bond acceptors (Lipinski definition) is 3. The lowest BCUT2D eigenvalue weighted by molar-refractivity contribution is -0.124. The van der Waals surface area contributed by atoms with Crippen LogP contribution >= 0.6 is 0 Å². The lowest BCUT2D eigenvalue weighted by Gasteiger charge is -2.36. The van der Waals surface area contributed by atoms with E-state index in [9.17, 15) is 4.79 Å². The van der Waals surface area contributed by atoms with Gasteiger partial charge in [0.05, 0.1) is 6.04 Å². The van der Waals surface area contributed by atoms with Crippen LogP contribution in [0.15, 0.2) is 30.3 Å². The second-order valence-electron chi connectivity index (χ2n) is 6.21. The summed E-state index contributed by atoms with van der Waals surface area (Å²) in [6, 6.07) is 11.1. The van der Waals surface area contributed by atoms with Gasteiger partial charge in [-0.1, -0.05) is 30.3 Å². The molecular weight excluding hydrogens is 262 g/mol. The van der Waals surface area contributed by atoms with Crippen LogP contribution in [-0.4, -0.2) is 42.5 Å². The number of carbonyl (C=O) groups excluding carboxylic acids is 1. The molecule has 1 aromatic carbocycles. The van der Waals surface area contributed by atoms with Gasteiger partial charge in [0.15, 0.2) is 0 Å². The molecule has 2 saturated heterocycles. The second kappa shape index (κ2) is 7.05. The Hall–Kier alpha value is -1.39. The number of benzene rings is 1. The molecule has 2 atom stereocenters. The molecule has 0 aromatic heterocycles. The average molecular weight is 287 g/mol. The lowest BCUT2D eigenvalue weighted by atomic mass is 10.0. The molecule has 2 aliphatic heterocycles. The number of piperidine rings is 2. The van der Waals surface area contributed by atoms with Crippen molar-refractivity contribution in [3.63, 3.8) is 0 Å². The SMILES string of the molecule is O=C1NCCCC1NC1CCCN(Cc2ccccc2)C1. The molecule has 2 N–H and O–H groups in total. The van der Waals surface area contributed by atoms with E-state index in [4.69, 9.17) is 0 Å². The van der Waals surface area contributed by atoms with E-state index in [0.29, 0.717) is 6.04 Å². The quantitative estimate of drug-likeness (QED) is 0.882. The van der Waals surface area contributed by atoms with E-state index >= 15 is 0 Å². The van der Waals surface area contributed by atoms with E-state index in [1.165, 1.54) is 18.4 Å². The molecule has 1 aromatic rings. The van der Waals surface area contributed by atoms with Gasteiger partial charge in [-0.3, -0.25) is 9.69 Å². The highest BCUT2D eigenvalue weighted by molar-refractivity contribution is 5.82. The Kier molecular flexibility index (Phi) is 4.88. The van der Waals surface area contributed by atoms with Crippen molar-refractivity contribution < 1.29 is 4.79 Å². The minimum atomic E-state index is 0.0143. The Morgan fingerprint density at radius 1 is 1.19 bits per heavy atom. The summed E-state index contributed by atoms with van der Waals surface area (Å²) in [5.74, 6) is 0.182. The van der Waals surface area contributed by atoms with Gasteiger partial charge >= 0.3 is 0 Å². The average Bonchev–Trinajstić information content (AvgIpc) is 2.51. The monoisotopic (exact) mass is 287 g/mol. The zero-order valence-electron chi connectivity index (χ0n) is 12.6. The first-order valence-corrected chi connectivity index (χ1v) is 8.11. The molecular formula is C17H25N3O. The number of rotatable bonds is 4. The standard InChI is InChI=1S/C17H25N3O/c21-17-16(9-4-10-18-17)19-15-8-5-11-20(13-15)12-14-6-2-1-3-7-14/h1-3,6-7,15-16,19H,4-5,8-13H2,(H,18,21). The molecule has 0 spiro atoms. The van der Waals surface area contributed by atoms with Gasteiger partial charge in [-0.2, -0.15) is 0 Å². The van der Waals surface area contributed by atoms with E-state index in [1.807, 2.05) is 0 Å². The molecule has 2 unspecified atom stereocenters. The summed E-state index contributed by atoms with van der Waals surface area (Å²) in [6.45, 7) is 4.04. The van der Waals surface area contributed by atoms with E-state index in [2.05, 4.69) is 45.9 Å². The third-order valence-electron chi connectivity index (χ3n) is 4.48. The fraction of sp³-hybridized carbons (Fsp3) is 0.588. The van der Waals surface area contributed by atoms with Crippen molar-refractivity contribution in [3.05, 3.63) is 35.9 Å². The number of amides is 1. The van der Waals surface area contributed by atoms with Crippen molar-refractivity contribution in [2.45, 2.75) is 44.3 Å². The van der Waals surface area contributed by atoms with Crippen LogP contribution in [0.4, 0.5) is 0 Å². The van der Waals surface area contributed by atoms with Crippen molar-refractivity contribution in [1.82, 2.24) is 15.5 Å². The van der Waals surface area contributed by atoms with Crippen LogP contribution in [0.3, 0.4) is 0 Å². The molecule has 0 bridgehead atoms. The van der Waals surface area contributed by atoms with E-state index < -0.39 is 0 Å². The summed E-state index contributed by atoms with van der Waals surface area (Å²) in [6.07, 6.45) is 4.44. The van der Waals surface area contributed by atoms with Crippen LogP contribution in [0.25, 0.3) is 0 Å². The molecule has 4 heteroatoms. The maximum Gasteiger partial charge on any atom is 0.237 e. The molecule has 0 radical (unpaired) electrons. The molecule has 3 rings (SSSR count). The number of hydrogen-bond donors (Lipinski definition) is 2. The predicted molar refractivity (Wildman–Crippen MR) is 83.9 cm³/mol. The van der Waals surface area contributed by atoms with Crippen LogP contribution in [-0.2, 0) is 11.3 Å². The Bertz CT molecular complexity index is 462. The molecule has 2 fully saturated rings. The first kappa shape index (κ1) is 14.5. The van der Waals surface area contributed by atoms with Crippen molar-refractivity contribution >= 4 is 5.91 Å². The summed E-state index contributed by atoms with van der Waals surface area (Å²) < 4.78 is 0. The summed E-state index contributed by atoms with van der Waals surface area (Å²) >= 11 is 0. The van der Waals surface area contributed by atoms with Gasteiger partial charge in [-0.25, -0.2) is 0 Å². The second-order valence-corrected chi connectivity index (χ2v) is 6.21. The summed E-state index contributed by atoms with van der Waals surface area (Å²) in [5.41, 5.74) is 1.37. The minimum absolute atomic E-state index is 0.0143. The Labute approximate surface area is 126 Å². The molecule has 0 saturated carbocycles. The smallest absolute Gasteiger partial charge is 0.237 e. The van der Waals surface area contributed by atoms with Gasteiger partial charge in [0.25, 0.3) is 0 Å². The molecule has 4 nitrogen and oxygen atoms in total.